The Balaban J connectivity index is 1.77. The fourth-order valence-electron chi connectivity index (χ4n) is 2.37. The van der Waals surface area contributed by atoms with E-state index in [0.717, 1.165) is 16.6 Å². The lowest BCUT2D eigenvalue weighted by molar-refractivity contribution is 0.802. The molecule has 3 rings (SSSR count). The second kappa shape index (κ2) is 6.80. The minimum atomic E-state index is -0.201. The molecule has 1 unspecified atom stereocenters. The maximum absolute atomic E-state index is 8.34. The van der Waals surface area contributed by atoms with Crippen LogP contribution in [0.4, 0.5) is 5.82 Å². The van der Waals surface area contributed by atoms with E-state index in [-0.39, 0.29) is 6.04 Å². The van der Waals surface area contributed by atoms with Crippen molar-refractivity contribution in [3.63, 3.8) is 0 Å². The quantitative estimate of drug-likeness (QED) is 0.422. The van der Waals surface area contributed by atoms with Gasteiger partial charge in [-0.25, -0.2) is 4.98 Å². The van der Waals surface area contributed by atoms with Crippen LogP contribution in [0.1, 0.15) is 12.0 Å². The van der Waals surface area contributed by atoms with Gasteiger partial charge in [0.25, 0.3) is 0 Å². The first-order valence-corrected chi connectivity index (χ1v) is 7.86. The zero-order chi connectivity index (χ0) is 17.1. The van der Waals surface area contributed by atoms with E-state index in [1.165, 1.54) is 4.68 Å². The molecule has 1 aromatic carbocycles. The Morgan fingerprint density at radius 1 is 1.46 bits per heavy atom. The van der Waals surface area contributed by atoms with E-state index in [1.54, 1.807) is 12.3 Å². The molecule has 0 saturated heterocycles. The van der Waals surface area contributed by atoms with Crippen LogP contribution in [0.2, 0.25) is 5.02 Å². The lowest BCUT2D eigenvalue weighted by Crippen LogP contribution is -2.25. The van der Waals surface area contributed by atoms with E-state index in [2.05, 4.69) is 27.2 Å². The van der Waals surface area contributed by atoms with Crippen molar-refractivity contribution in [2.45, 2.75) is 19.4 Å². The molecular weight excluding hydrogens is 324 g/mol. The molecule has 0 saturated carbocycles. The van der Waals surface area contributed by atoms with Crippen LogP contribution in [-0.2, 0) is 0 Å². The van der Waals surface area contributed by atoms with Gasteiger partial charge in [0.05, 0.1) is 16.6 Å². The van der Waals surface area contributed by atoms with Gasteiger partial charge in [0.15, 0.2) is 0 Å². The lowest BCUT2D eigenvalue weighted by Gasteiger charge is -2.17. The smallest absolute Gasteiger partial charge is 0.145 e. The molecule has 0 aliphatic heterocycles. The Kier molecular flexibility index (Phi) is 4.57. The number of nitrogens with zero attached hydrogens (tertiary/aromatic N) is 4. The van der Waals surface area contributed by atoms with Crippen LogP contribution in [0.25, 0.3) is 11.0 Å². The maximum Gasteiger partial charge on any atom is 0.145 e. The Labute approximate surface area is 144 Å². The SMILES string of the molecule is C=CC(CC(=N)n1nnc2ccccc21)Nc1ncc(C)cc1Cl. The average molecular weight is 341 g/mol. The molecule has 2 heterocycles. The highest BCUT2D eigenvalue weighted by molar-refractivity contribution is 6.33. The topological polar surface area (TPSA) is 79.5 Å². The largest absolute Gasteiger partial charge is 0.362 e. The minimum absolute atomic E-state index is 0.201. The Morgan fingerprint density at radius 3 is 3.00 bits per heavy atom. The normalized spacial score (nSPS) is 12.1. The van der Waals surface area contributed by atoms with Gasteiger partial charge in [-0.15, -0.1) is 11.7 Å². The van der Waals surface area contributed by atoms with E-state index < -0.39 is 0 Å². The van der Waals surface area contributed by atoms with Crippen molar-refractivity contribution in [1.29, 1.82) is 5.41 Å². The summed E-state index contributed by atoms with van der Waals surface area (Å²) in [7, 11) is 0. The van der Waals surface area contributed by atoms with Crippen LogP contribution in [0.3, 0.4) is 0 Å². The van der Waals surface area contributed by atoms with Crippen LogP contribution < -0.4 is 5.32 Å². The molecule has 1 atom stereocenters. The molecule has 0 amide bonds. The van der Waals surface area contributed by atoms with Crippen molar-refractivity contribution in [1.82, 2.24) is 20.0 Å². The van der Waals surface area contributed by atoms with Crippen molar-refractivity contribution in [2.24, 2.45) is 0 Å². The first-order valence-electron chi connectivity index (χ1n) is 7.48. The molecule has 7 heteroatoms. The standard InChI is InChI=1S/C17H17ClN6/c1-3-12(21-17-13(18)8-11(2)10-20-17)9-16(19)24-15-7-5-4-6-14(15)22-23-24/h3-8,10,12,19H,1,9H2,2H3,(H,20,21). The van der Waals surface area contributed by atoms with Crippen LogP contribution in [0, 0.1) is 12.3 Å². The maximum atomic E-state index is 8.34. The number of nitrogens with one attached hydrogen (secondary N) is 2. The first-order chi connectivity index (χ1) is 11.6. The number of rotatable bonds is 5. The molecule has 122 valence electrons. The molecule has 3 aromatic rings. The van der Waals surface area contributed by atoms with Crippen molar-refractivity contribution in [2.75, 3.05) is 5.32 Å². The lowest BCUT2D eigenvalue weighted by atomic mass is 10.2. The molecule has 2 aromatic heterocycles. The summed E-state index contributed by atoms with van der Waals surface area (Å²) in [6, 6.07) is 9.18. The second-order valence-corrected chi connectivity index (χ2v) is 5.88. The van der Waals surface area contributed by atoms with E-state index in [1.807, 2.05) is 37.3 Å². The molecule has 0 aliphatic rings. The summed E-state index contributed by atoms with van der Waals surface area (Å²) in [5, 5.41) is 20.2. The van der Waals surface area contributed by atoms with Crippen LogP contribution in [0.5, 0.6) is 0 Å². The zero-order valence-electron chi connectivity index (χ0n) is 13.2. The highest BCUT2D eigenvalue weighted by atomic mass is 35.5. The molecule has 0 aliphatic carbocycles. The number of fused-ring (bicyclic) bond motifs is 1. The molecule has 0 bridgehead atoms. The molecule has 6 nitrogen and oxygen atoms in total. The number of benzene rings is 1. The third kappa shape index (κ3) is 3.28. The number of hydrogen-bond donors (Lipinski definition) is 2. The monoisotopic (exact) mass is 340 g/mol. The molecular formula is C17H17ClN6. The predicted octanol–water partition coefficient (Wildman–Crippen LogP) is 3.67. The van der Waals surface area contributed by atoms with Crippen molar-refractivity contribution < 1.29 is 0 Å². The van der Waals surface area contributed by atoms with Gasteiger partial charge in [0.2, 0.25) is 0 Å². The van der Waals surface area contributed by atoms with Crippen molar-refractivity contribution >= 4 is 34.3 Å². The van der Waals surface area contributed by atoms with Gasteiger partial charge in [-0.1, -0.05) is 35.0 Å². The summed E-state index contributed by atoms with van der Waals surface area (Å²) in [4.78, 5) is 4.29. The van der Waals surface area contributed by atoms with Gasteiger partial charge < -0.3 is 5.32 Å². The molecule has 2 N–H and O–H groups in total. The van der Waals surface area contributed by atoms with Crippen LogP contribution in [0.15, 0.2) is 49.2 Å². The van der Waals surface area contributed by atoms with E-state index in [4.69, 9.17) is 17.0 Å². The van der Waals surface area contributed by atoms with Gasteiger partial charge >= 0.3 is 0 Å². The Hall–Kier alpha value is -2.73. The van der Waals surface area contributed by atoms with E-state index >= 15 is 0 Å². The van der Waals surface area contributed by atoms with Gasteiger partial charge in [0, 0.05) is 12.6 Å². The summed E-state index contributed by atoms with van der Waals surface area (Å²) in [6.45, 7) is 5.76. The fraction of sp³-hybridized carbons (Fsp3) is 0.176. The summed E-state index contributed by atoms with van der Waals surface area (Å²) >= 11 is 6.20. The Morgan fingerprint density at radius 2 is 2.25 bits per heavy atom. The first kappa shape index (κ1) is 16.1. The number of aromatic nitrogens is 4. The van der Waals surface area contributed by atoms with Crippen molar-refractivity contribution in [3.8, 4) is 0 Å². The number of anilines is 1. The zero-order valence-corrected chi connectivity index (χ0v) is 14.0. The summed E-state index contributed by atoms with van der Waals surface area (Å²) in [5.74, 6) is 0.882. The molecule has 24 heavy (non-hydrogen) atoms. The van der Waals surface area contributed by atoms with Crippen LogP contribution >= 0.6 is 11.6 Å². The number of halogens is 1. The number of para-hydroxylation sites is 1. The van der Waals surface area contributed by atoms with Gasteiger partial charge in [-0.3, -0.25) is 5.41 Å². The second-order valence-electron chi connectivity index (χ2n) is 5.47. The predicted molar refractivity (Wildman–Crippen MR) is 96.9 cm³/mol. The molecule has 0 spiro atoms. The summed E-state index contributed by atoms with van der Waals surface area (Å²) < 4.78 is 1.53. The number of aryl methyl sites for hydroxylation is 1. The minimum Gasteiger partial charge on any atom is -0.362 e. The van der Waals surface area contributed by atoms with E-state index in [0.29, 0.717) is 23.1 Å². The molecule has 0 radical (unpaired) electrons. The molecule has 0 fully saturated rings. The highest BCUT2D eigenvalue weighted by Gasteiger charge is 2.14. The number of hydrogen-bond acceptors (Lipinski definition) is 5. The van der Waals surface area contributed by atoms with Gasteiger partial charge in [-0.2, -0.15) is 4.68 Å². The third-order valence-corrected chi connectivity index (χ3v) is 3.89. The third-order valence-electron chi connectivity index (χ3n) is 3.61. The van der Waals surface area contributed by atoms with Crippen molar-refractivity contribution in [3.05, 3.63) is 59.8 Å². The average Bonchev–Trinajstić information content (AvgIpc) is 3.00. The van der Waals surface area contributed by atoms with E-state index in [9.17, 15) is 0 Å². The van der Waals surface area contributed by atoms with Crippen LogP contribution in [-0.4, -0.2) is 31.9 Å². The fourth-order valence-corrected chi connectivity index (χ4v) is 2.65. The van der Waals surface area contributed by atoms with Gasteiger partial charge in [0.1, 0.15) is 17.2 Å². The highest BCUT2D eigenvalue weighted by Crippen LogP contribution is 2.21. The summed E-state index contributed by atoms with van der Waals surface area (Å²) in [6.07, 6.45) is 3.85. The Bertz CT molecular complexity index is 901. The van der Waals surface area contributed by atoms with Gasteiger partial charge in [-0.05, 0) is 30.7 Å². The number of pyridine rings is 1. The summed E-state index contributed by atoms with van der Waals surface area (Å²) in [5.41, 5.74) is 2.55.